The highest BCUT2D eigenvalue weighted by Gasteiger charge is 2.20. The van der Waals surface area contributed by atoms with Gasteiger partial charge in [0.25, 0.3) is 0 Å². The Balaban J connectivity index is 1.56. The van der Waals surface area contributed by atoms with Gasteiger partial charge in [-0.2, -0.15) is 5.10 Å². The van der Waals surface area contributed by atoms with Gasteiger partial charge in [-0.25, -0.2) is 9.98 Å². The lowest BCUT2D eigenvalue weighted by atomic mass is 10.3. The molecule has 0 atom stereocenters. The van der Waals surface area contributed by atoms with Crippen LogP contribution in [0.25, 0.3) is 0 Å². The standard InChI is InChI=1S/C15H24N8O/c1-3-16-15(17-10-14-18-12-19-21(14)2)23-7-5-22(6-8-23)11-13-4-9-24-20-13/h4,9,12H,3,5-8,10-11H2,1-2H3,(H,16,17). The van der Waals surface area contributed by atoms with Gasteiger partial charge in [0, 0.05) is 52.4 Å². The fourth-order valence-corrected chi connectivity index (χ4v) is 2.70. The Morgan fingerprint density at radius 3 is 2.79 bits per heavy atom. The van der Waals surface area contributed by atoms with Crippen molar-refractivity contribution in [1.82, 2.24) is 35.0 Å². The Hall–Kier alpha value is -2.42. The molecule has 0 unspecified atom stereocenters. The molecular weight excluding hydrogens is 308 g/mol. The molecule has 1 aliphatic rings. The van der Waals surface area contributed by atoms with Crippen LogP contribution < -0.4 is 5.32 Å². The van der Waals surface area contributed by atoms with Gasteiger partial charge < -0.3 is 14.7 Å². The molecule has 2 aromatic rings. The maximum absolute atomic E-state index is 4.90. The lowest BCUT2D eigenvalue weighted by Gasteiger charge is -2.36. The third kappa shape index (κ3) is 4.10. The van der Waals surface area contributed by atoms with Crippen LogP contribution in [0.2, 0.25) is 0 Å². The first-order valence-electron chi connectivity index (χ1n) is 8.24. The van der Waals surface area contributed by atoms with E-state index in [0.29, 0.717) is 6.54 Å². The minimum Gasteiger partial charge on any atom is -0.364 e. The SMILES string of the molecule is CCNC(=NCc1ncnn1C)N1CCN(Cc2ccon2)CC1. The summed E-state index contributed by atoms with van der Waals surface area (Å²) in [5.74, 6) is 1.79. The molecule has 1 N–H and O–H groups in total. The maximum atomic E-state index is 4.90. The molecule has 0 saturated carbocycles. The van der Waals surface area contributed by atoms with E-state index in [2.05, 4.69) is 37.3 Å². The molecule has 24 heavy (non-hydrogen) atoms. The second-order valence-electron chi connectivity index (χ2n) is 5.72. The molecule has 2 aromatic heterocycles. The third-order valence-electron chi connectivity index (χ3n) is 4.06. The van der Waals surface area contributed by atoms with Crippen molar-refractivity contribution in [3.63, 3.8) is 0 Å². The van der Waals surface area contributed by atoms with E-state index in [0.717, 1.165) is 56.7 Å². The predicted octanol–water partition coefficient (Wildman–Crippen LogP) is 0.0864. The molecule has 3 heterocycles. The molecule has 0 aliphatic carbocycles. The zero-order valence-electron chi connectivity index (χ0n) is 14.2. The minimum atomic E-state index is 0.526. The van der Waals surface area contributed by atoms with Crippen molar-refractivity contribution in [2.45, 2.75) is 20.0 Å². The summed E-state index contributed by atoms with van der Waals surface area (Å²) in [5, 5.41) is 11.4. The first-order chi connectivity index (χ1) is 11.8. The van der Waals surface area contributed by atoms with Gasteiger partial charge in [-0.15, -0.1) is 0 Å². The lowest BCUT2D eigenvalue weighted by molar-refractivity contribution is 0.169. The molecule has 0 bridgehead atoms. The zero-order valence-corrected chi connectivity index (χ0v) is 14.2. The summed E-state index contributed by atoms with van der Waals surface area (Å²) < 4.78 is 6.65. The number of piperazine rings is 1. The van der Waals surface area contributed by atoms with Crippen LogP contribution in [0.5, 0.6) is 0 Å². The summed E-state index contributed by atoms with van der Waals surface area (Å²) in [7, 11) is 1.88. The number of hydrogen-bond donors (Lipinski definition) is 1. The highest BCUT2D eigenvalue weighted by molar-refractivity contribution is 5.80. The van der Waals surface area contributed by atoms with Crippen molar-refractivity contribution in [3.8, 4) is 0 Å². The Kier molecular flexibility index (Phi) is 5.42. The molecule has 1 fully saturated rings. The van der Waals surface area contributed by atoms with Crippen LogP contribution in [0.4, 0.5) is 0 Å². The number of aryl methyl sites for hydroxylation is 1. The van der Waals surface area contributed by atoms with Gasteiger partial charge in [0.1, 0.15) is 25.0 Å². The number of hydrogen-bond acceptors (Lipinski definition) is 6. The van der Waals surface area contributed by atoms with Gasteiger partial charge in [-0.05, 0) is 6.92 Å². The lowest BCUT2D eigenvalue weighted by Crippen LogP contribution is -2.52. The number of aromatic nitrogens is 4. The van der Waals surface area contributed by atoms with E-state index in [1.54, 1.807) is 17.3 Å². The molecule has 0 amide bonds. The smallest absolute Gasteiger partial charge is 0.194 e. The molecule has 0 aromatic carbocycles. The Bertz CT molecular complexity index is 642. The van der Waals surface area contributed by atoms with Crippen molar-refractivity contribution in [1.29, 1.82) is 0 Å². The summed E-state index contributed by atoms with van der Waals surface area (Å²) in [6, 6.07) is 1.92. The van der Waals surface area contributed by atoms with E-state index < -0.39 is 0 Å². The fourth-order valence-electron chi connectivity index (χ4n) is 2.70. The van der Waals surface area contributed by atoms with Crippen LogP contribution in [0.3, 0.4) is 0 Å². The van der Waals surface area contributed by atoms with Crippen LogP contribution in [0.15, 0.2) is 28.2 Å². The molecule has 1 saturated heterocycles. The first kappa shape index (κ1) is 16.4. The van der Waals surface area contributed by atoms with E-state index in [-0.39, 0.29) is 0 Å². The summed E-state index contributed by atoms with van der Waals surface area (Å²) >= 11 is 0. The van der Waals surface area contributed by atoms with Crippen molar-refractivity contribution in [2.75, 3.05) is 32.7 Å². The van der Waals surface area contributed by atoms with Gasteiger partial charge in [0.05, 0.1) is 5.69 Å². The summed E-state index contributed by atoms with van der Waals surface area (Å²) in [6.45, 7) is 8.10. The van der Waals surface area contributed by atoms with Gasteiger partial charge in [0.2, 0.25) is 0 Å². The van der Waals surface area contributed by atoms with Crippen LogP contribution >= 0.6 is 0 Å². The highest BCUT2D eigenvalue weighted by Crippen LogP contribution is 2.07. The summed E-state index contributed by atoms with van der Waals surface area (Å²) in [5.41, 5.74) is 0.978. The first-order valence-corrected chi connectivity index (χ1v) is 8.24. The van der Waals surface area contributed by atoms with Crippen molar-refractivity contribution >= 4 is 5.96 Å². The monoisotopic (exact) mass is 332 g/mol. The van der Waals surface area contributed by atoms with Crippen molar-refractivity contribution < 1.29 is 4.52 Å². The maximum Gasteiger partial charge on any atom is 0.194 e. The number of aliphatic imine (C=N–C) groups is 1. The number of rotatable bonds is 5. The third-order valence-corrected chi connectivity index (χ3v) is 4.06. The van der Waals surface area contributed by atoms with Crippen molar-refractivity contribution in [3.05, 3.63) is 30.2 Å². The van der Waals surface area contributed by atoms with Crippen molar-refractivity contribution in [2.24, 2.45) is 12.0 Å². The Morgan fingerprint density at radius 2 is 2.17 bits per heavy atom. The highest BCUT2D eigenvalue weighted by atomic mass is 16.5. The quantitative estimate of drug-likeness (QED) is 0.613. The van der Waals surface area contributed by atoms with Gasteiger partial charge in [-0.3, -0.25) is 9.58 Å². The Morgan fingerprint density at radius 1 is 1.33 bits per heavy atom. The average Bonchev–Trinajstić information content (AvgIpc) is 3.24. The van der Waals surface area contributed by atoms with Crippen LogP contribution in [-0.2, 0) is 20.1 Å². The van der Waals surface area contributed by atoms with E-state index in [9.17, 15) is 0 Å². The van der Waals surface area contributed by atoms with Crippen LogP contribution in [-0.4, -0.2) is 68.4 Å². The van der Waals surface area contributed by atoms with E-state index in [1.165, 1.54) is 0 Å². The molecule has 3 rings (SSSR count). The second kappa shape index (κ2) is 7.91. The molecular formula is C15H24N8O. The molecule has 1 aliphatic heterocycles. The number of nitrogens with one attached hydrogen (secondary N) is 1. The van der Waals surface area contributed by atoms with E-state index in [1.807, 2.05) is 13.1 Å². The van der Waals surface area contributed by atoms with Gasteiger partial charge in [0.15, 0.2) is 5.96 Å². The largest absolute Gasteiger partial charge is 0.364 e. The zero-order chi connectivity index (χ0) is 16.8. The Labute approximate surface area is 141 Å². The molecule has 9 nitrogen and oxygen atoms in total. The minimum absolute atomic E-state index is 0.526. The molecule has 0 radical (unpaired) electrons. The summed E-state index contributed by atoms with van der Waals surface area (Å²) in [6.07, 6.45) is 3.18. The fraction of sp³-hybridized carbons (Fsp3) is 0.600. The molecule has 130 valence electrons. The topological polar surface area (TPSA) is 87.6 Å². The molecule has 9 heteroatoms. The molecule has 0 spiro atoms. The summed E-state index contributed by atoms with van der Waals surface area (Å²) in [4.78, 5) is 13.6. The normalized spacial score (nSPS) is 16.6. The average molecular weight is 332 g/mol. The number of guanidine groups is 1. The van der Waals surface area contributed by atoms with Gasteiger partial charge in [-0.1, -0.05) is 5.16 Å². The van der Waals surface area contributed by atoms with Crippen LogP contribution in [0.1, 0.15) is 18.4 Å². The van der Waals surface area contributed by atoms with E-state index >= 15 is 0 Å². The van der Waals surface area contributed by atoms with Crippen LogP contribution in [0, 0.1) is 0 Å². The van der Waals surface area contributed by atoms with E-state index in [4.69, 9.17) is 9.52 Å². The second-order valence-corrected chi connectivity index (χ2v) is 5.72. The number of nitrogens with zero attached hydrogens (tertiary/aromatic N) is 7. The predicted molar refractivity (Wildman–Crippen MR) is 89.2 cm³/mol. The van der Waals surface area contributed by atoms with Gasteiger partial charge >= 0.3 is 0 Å².